The molecule has 0 atom stereocenters. The fourth-order valence-corrected chi connectivity index (χ4v) is 8.68. The summed E-state index contributed by atoms with van der Waals surface area (Å²) < 4.78 is 5.03. The second-order valence-electron chi connectivity index (χ2n) is 12.5. The first-order valence-electron chi connectivity index (χ1n) is 16.7. The summed E-state index contributed by atoms with van der Waals surface area (Å²) in [6.45, 7) is 0. The summed E-state index contributed by atoms with van der Waals surface area (Å²) in [5, 5.41) is 7.67. The van der Waals surface area contributed by atoms with Gasteiger partial charge in [-0.3, -0.25) is 0 Å². The summed E-state index contributed by atoms with van der Waals surface area (Å²) in [6, 6.07) is 66.1. The van der Waals surface area contributed by atoms with Crippen LogP contribution in [0.2, 0.25) is 0 Å². The van der Waals surface area contributed by atoms with Gasteiger partial charge in [0.05, 0.1) is 16.7 Å². The van der Waals surface area contributed by atoms with Gasteiger partial charge < -0.3 is 9.47 Å². The highest BCUT2D eigenvalue weighted by Gasteiger charge is 2.19. The monoisotopic (exact) mass is 642 g/mol. The number of benzene rings is 8. The second kappa shape index (κ2) is 11.2. The van der Waals surface area contributed by atoms with Gasteiger partial charge in [0.15, 0.2) is 0 Å². The highest BCUT2D eigenvalue weighted by molar-refractivity contribution is 7.26. The van der Waals surface area contributed by atoms with Crippen LogP contribution in [0.3, 0.4) is 0 Å². The van der Waals surface area contributed by atoms with E-state index in [9.17, 15) is 0 Å². The number of hydrogen-bond donors (Lipinski definition) is 0. The first kappa shape index (κ1) is 27.9. The Bertz CT molecular complexity index is 2810. The molecule has 0 saturated heterocycles. The van der Waals surface area contributed by atoms with Crippen molar-refractivity contribution in [1.29, 1.82) is 0 Å². The molecule has 0 fully saturated rings. The number of thiophene rings is 1. The first-order chi connectivity index (χ1) is 24.3. The first-order valence-corrected chi connectivity index (χ1v) is 17.5. The summed E-state index contributed by atoms with van der Waals surface area (Å²) in [4.78, 5) is 2.39. The number of hydrogen-bond acceptors (Lipinski definition) is 2. The Labute approximate surface area is 288 Å². The number of nitrogens with zero attached hydrogens (tertiary/aromatic N) is 2. The Morgan fingerprint density at radius 3 is 1.86 bits per heavy atom. The fourth-order valence-electron chi connectivity index (χ4n) is 7.55. The Morgan fingerprint density at radius 1 is 0.408 bits per heavy atom. The van der Waals surface area contributed by atoms with Crippen LogP contribution < -0.4 is 4.90 Å². The Balaban J connectivity index is 1.06. The molecule has 0 aliphatic heterocycles. The molecule has 0 bridgehead atoms. The average molecular weight is 643 g/mol. The summed E-state index contributed by atoms with van der Waals surface area (Å²) in [7, 11) is 0. The van der Waals surface area contributed by atoms with Crippen molar-refractivity contribution in [1.82, 2.24) is 4.57 Å². The number of para-hydroxylation sites is 2. The standard InChI is InChI=1S/C46H30N2S/c1-2-12-34(13-3-1)47(42-18-10-20-44-45(42)40-16-7-9-19-43(40)49-44)35-26-21-31(22-27-35)32-23-28-36(29-24-32)48-41-17-8-6-15-38(41)39-30-25-33-11-4-5-14-37(33)46(39)48/h1-30H. The highest BCUT2D eigenvalue weighted by Crippen LogP contribution is 2.45. The van der Waals surface area contributed by atoms with Crippen LogP contribution in [0, 0.1) is 0 Å². The van der Waals surface area contributed by atoms with E-state index in [1.54, 1.807) is 0 Å². The zero-order valence-electron chi connectivity index (χ0n) is 26.6. The number of aromatic nitrogens is 1. The van der Waals surface area contributed by atoms with Crippen LogP contribution in [-0.4, -0.2) is 4.57 Å². The van der Waals surface area contributed by atoms with Gasteiger partial charge in [0.1, 0.15) is 0 Å². The van der Waals surface area contributed by atoms with Crippen molar-refractivity contribution in [2.75, 3.05) is 4.90 Å². The predicted molar refractivity (Wildman–Crippen MR) is 211 cm³/mol. The lowest BCUT2D eigenvalue weighted by Gasteiger charge is -2.26. The molecular weight excluding hydrogens is 613 g/mol. The number of rotatable bonds is 5. The molecule has 49 heavy (non-hydrogen) atoms. The topological polar surface area (TPSA) is 8.17 Å². The third-order valence-electron chi connectivity index (χ3n) is 9.78. The summed E-state index contributed by atoms with van der Waals surface area (Å²) in [5.74, 6) is 0. The predicted octanol–water partition coefficient (Wildman–Crippen LogP) is 13.4. The molecular formula is C46H30N2S. The molecule has 0 radical (unpaired) electrons. The quantitative estimate of drug-likeness (QED) is 0.181. The minimum atomic E-state index is 1.13. The van der Waals surface area contributed by atoms with E-state index in [2.05, 4.69) is 191 Å². The van der Waals surface area contributed by atoms with E-state index in [0.29, 0.717) is 0 Å². The molecule has 3 heteroatoms. The minimum absolute atomic E-state index is 1.13. The van der Waals surface area contributed by atoms with E-state index in [-0.39, 0.29) is 0 Å². The van der Waals surface area contributed by atoms with E-state index in [4.69, 9.17) is 0 Å². The highest BCUT2D eigenvalue weighted by atomic mass is 32.1. The van der Waals surface area contributed by atoms with Crippen LogP contribution in [0.25, 0.3) is 69.6 Å². The van der Waals surface area contributed by atoms with Crippen molar-refractivity contribution in [2.45, 2.75) is 0 Å². The molecule has 0 N–H and O–H groups in total. The summed E-state index contributed by atoms with van der Waals surface area (Å²) >= 11 is 1.86. The maximum Gasteiger partial charge on any atom is 0.0619 e. The third-order valence-corrected chi connectivity index (χ3v) is 10.9. The van der Waals surface area contributed by atoms with Crippen LogP contribution in [-0.2, 0) is 0 Å². The molecule has 0 aliphatic rings. The SMILES string of the molecule is c1ccc(N(c2ccc(-c3ccc(-n4c5ccccc5c5ccc6ccccc6c54)cc3)cc2)c2cccc3sc4ccccc4c23)cc1. The minimum Gasteiger partial charge on any atom is -0.310 e. The molecule has 0 spiro atoms. The van der Waals surface area contributed by atoms with Crippen molar-refractivity contribution in [3.05, 3.63) is 182 Å². The molecule has 2 heterocycles. The largest absolute Gasteiger partial charge is 0.310 e. The number of fused-ring (bicyclic) bond motifs is 8. The number of anilines is 3. The Morgan fingerprint density at radius 2 is 1.04 bits per heavy atom. The molecule has 0 saturated carbocycles. The van der Waals surface area contributed by atoms with E-state index in [1.165, 1.54) is 69.6 Å². The van der Waals surface area contributed by atoms with Gasteiger partial charge >= 0.3 is 0 Å². The maximum absolute atomic E-state index is 2.42. The zero-order valence-corrected chi connectivity index (χ0v) is 27.4. The van der Waals surface area contributed by atoms with E-state index in [1.807, 2.05) is 11.3 Å². The Kier molecular flexibility index (Phi) is 6.39. The summed E-state index contributed by atoms with van der Waals surface area (Å²) in [6.07, 6.45) is 0. The van der Waals surface area contributed by atoms with Gasteiger partial charge in [0.2, 0.25) is 0 Å². The van der Waals surface area contributed by atoms with Crippen molar-refractivity contribution in [3.63, 3.8) is 0 Å². The Hall–Kier alpha value is -6.16. The molecule has 0 unspecified atom stereocenters. The van der Waals surface area contributed by atoms with Crippen molar-refractivity contribution in [2.24, 2.45) is 0 Å². The third kappa shape index (κ3) is 4.47. The molecule has 2 nitrogen and oxygen atoms in total. The van der Waals surface area contributed by atoms with Crippen molar-refractivity contribution >= 4 is 81.1 Å². The van der Waals surface area contributed by atoms with Gasteiger partial charge in [0, 0.05) is 53.4 Å². The van der Waals surface area contributed by atoms with Crippen LogP contribution in [0.4, 0.5) is 17.1 Å². The lowest BCUT2D eigenvalue weighted by molar-refractivity contribution is 1.19. The van der Waals surface area contributed by atoms with Gasteiger partial charge in [-0.25, -0.2) is 0 Å². The maximum atomic E-state index is 2.42. The zero-order chi connectivity index (χ0) is 32.3. The molecule has 10 aromatic rings. The van der Waals surface area contributed by atoms with E-state index < -0.39 is 0 Å². The van der Waals surface area contributed by atoms with Gasteiger partial charge in [-0.15, -0.1) is 11.3 Å². The van der Waals surface area contributed by atoms with E-state index >= 15 is 0 Å². The van der Waals surface area contributed by atoms with Crippen molar-refractivity contribution in [3.8, 4) is 16.8 Å². The summed E-state index contributed by atoms with van der Waals surface area (Å²) in [5.41, 5.74) is 9.48. The second-order valence-corrected chi connectivity index (χ2v) is 13.6. The van der Waals surface area contributed by atoms with Gasteiger partial charge in [-0.05, 0) is 77.2 Å². The van der Waals surface area contributed by atoms with Gasteiger partial charge in [-0.1, -0.05) is 121 Å². The van der Waals surface area contributed by atoms with Crippen LogP contribution >= 0.6 is 11.3 Å². The average Bonchev–Trinajstić information content (AvgIpc) is 3.73. The lowest BCUT2D eigenvalue weighted by atomic mass is 10.0. The van der Waals surface area contributed by atoms with Gasteiger partial charge in [-0.2, -0.15) is 0 Å². The van der Waals surface area contributed by atoms with Crippen molar-refractivity contribution < 1.29 is 0 Å². The molecule has 10 rings (SSSR count). The van der Waals surface area contributed by atoms with Crippen LogP contribution in [0.15, 0.2) is 182 Å². The smallest absolute Gasteiger partial charge is 0.0619 e. The van der Waals surface area contributed by atoms with Gasteiger partial charge in [0.25, 0.3) is 0 Å². The molecule has 8 aromatic carbocycles. The fraction of sp³-hybridized carbons (Fsp3) is 0. The lowest BCUT2D eigenvalue weighted by Crippen LogP contribution is -2.10. The molecule has 230 valence electrons. The van der Waals surface area contributed by atoms with Crippen LogP contribution in [0.5, 0.6) is 0 Å². The molecule has 0 aliphatic carbocycles. The van der Waals surface area contributed by atoms with Crippen LogP contribution in [0.1, 0.15) is 0 Å². The normalized spacial score (nSPS) is 11.7. The molecule has 0 amide bonds. The molecule has 2 aromatic heterocycles. The van der Waals surface area contributed by atoms with E-state index in [0.717, 1.165) is 17.1 Å².